The quantitative estimate of drug-likeness (QED) is 0.283. The number of ether oxygens (including phenoxy) is 1. The standard InChI is InChI=1S/C18H18N4O4.H3N/c23-18(20-19-12-4-7-15-5-2-1-3-6-15)14-26-17-10-8-16(9-11-17)13-22(25)21-24;/h1-12,24H,13-14H2,(H,20,23);1H3/b7-4+,19-12+,22-21?;. The lowest BCUT2D eigenvalue weighted by Crippen LogP contribution is -2.24. The second-order valence-electron chi connectivity index (χ2n) is 5.12. The average molecular weight is 371 g/mol. The third-order valence-corrected chi connectivity index (χ3v) is 3.15. The molecule has 2 aromatic carbocycles. The van der Waals surface area contributed by atoms with Crippen LogP contribution in [0, 0.1) is 5.21 Å². The highest BCUT2D eigenvalue weighted by molar-refractivity contribution is 5.81. The molecule has 9 heteroatoms. The summed E-state index contributed by atoms with van der Waals surface area (Å²) >= 11 is 0. The predicted octanol–water partition coefficient (Wildman–Crippen LogP) is 2.89. The van der Waals surface area contributed by atoms with E-state index in [1.54, 1.807) is 30.3 Å². The Labute approximate surface area is 156 Å². The lowest BCUT2D eigenvalue weighted by atomic mass is 10.2. The SMILES string of the molecule is N.O=C(COc1ccc(C[N+]([O-])=NO)cc1)N/N=C/C=C/c1ccccc1. The number of nitrogens with zero attached hydrogens (tertiary/aromatic N) is 3. The number of hydrogen-bond acceptors (Lipinski definition) is 6. The van der Waals surface area contributed by atoms with E-state index in [4.69, 9.17) is 9.94 Å². The number of hydroxylamine groups is 1. The van der Waals surface area contributed by atoms with Gasteiger partial charge in [-0.3, -0.25) is 4.79 Å². The van der Waals surface area contributed by atoms with Gasteiger partial charge in [0.25, 0.3) is 5.91 Å². The first kappa shape index (κ1) is 21.3. The van der Waals surface area contributed by atoms with Gasteiger partial charge < -0.3 is 21.3 Å². The molecule has 0 aliphatic heterocycles. The van der Waals surface area contributed by atoms with Gasteiger partial charge in [-0.25, -0.2) is 5.43 Å². The first-order valence-corrected chi connectivity index (χ1v) is 7.72. The van der Waals surface area contributed by atoms with Gasteiger partial charge in [-0.1, -0.05) is 41.3 Å². The number of allylic oxidation sites excluding steroid dienone is 1. The molecule has 0 heterocycles. The van der Waals surface area contributed by atoms with Crippen molar-refractivity contribution in [3.8, 4) is 5.75 Å². The molecular weight excluding hydrogens is 350 g/mol. The van der Waals surface area contributed by atoms with Crippen LogP contribution in [0.4, 0.5) is 0 Å². The van der Waals surface area contributed by atoms with Crippen LogP contribution in [0.15, 0.2) is 71.1 Å². The van der Waals surface area contributed by atoms with E-state index in [1.165, 1.54) is 6.21 Å². The fourth-order valence-corrected chi connectivity index (χ4v) is 1.93. The zero-order valence-corrected chi connectivity index (χ0v) is 14.6. The van der Waals surface area contributed by atoms with E-state index in [0.29, 0.717) is 11.3 Å². The van der Waals surface area contributed by atoms with Gasteiger partial charge in [0.15, 0.2) is 11.9 Å². The Kier molecular flexibility index (Phi) is 9.29. The molecule has 9 nitrogen and oxygen atoms in total. The maximum absolute atomic E-state index is 11.6. The fraction of sp³-hybridized carbons (Fsp3) is 0.111. The normalized spacial score (nSPS) is 11.3. The average Bonchev–Trinajstić information content (AvgIpc) is 2.68. The highest BCUT2D eigenvalue weighted by Crippen LogP contribution is 2.12. The minimum atomic E-state index is -0.400. The molecular formula is C18H21N5O4. The summed E-state index contributed by atoms with van der Waals surface area (Å²) in [6.07, 6.45) is 5.05. The number of carbonyl (C=O) groups excluding carboxylic acids is 1. The largest absolute Gasteiger partial charge is 0.597 e. The third-order valence-electron chi connectivity index (χ3n) is 3.15. The fourth-order valence-electron chi connectivity index (χ4n) is 1.93. The van der Waals surface area contributed by atoms with E-state index in [1.807, 2.05) is 36.4 Å². The molecule has 1 amide bonds. The van der Waals surface area contributed by atoms with E-state index in [-0.39, 0.29) is 24.2 Å². The van der Waals surface area contributed by atoms with Crippen LogP contribution >= 0.6 is 0 Å². The van der Waals surface area contributed by atoms with Crippen LogP contribution in [-0.4, -0.2) is 28.8 Å². The molecule has 0 aliphatic carbocycles. The topological polar surface area (TPSA) is 144 Å². The summed E-state index contributed by atoms with van der Waals surface area (Å²) in [5.41, 5.74) is 4.03. The summed E-state index contributed by atoms with van der Waals surface area (Å²) in [5, 5.41) is 25.5. The molecule has 0 saturated heterocycles. The van der Waals surface area contributed by atoms with E-state index >= 15 is 0 Å². The molecule has 0 unspecified atom stereocenters. The molecule has 27 heavy (non-hydrogen) atoms. The minimum absolute atomic E-state index is 0. The van der Waals surface area contributed by atoms with Gasteiger partial charge in [0, 0.05) is 11.8 Å². The van der Waals surface area contributed by atoms with Crippen LogP contribution in [0.3, 0.4) is 0 Å². The lowest BCUT2D eigenvalue weighted by molar-refractivity contribution is -0.570. The Morgan fingerprint density at radius 1 is 1.19 bits per heavy atom. The summed E-state index contributed by atoms with van der Waals surface area (Å²) in [6, 6.07) is 16.2. The molecule has 0 aromatic heterocycles. The monoisotopic (exact) mass is 371 g/mol. The Balaban J connectivity index is 0.00000364. The van der Waals surface area contributed by atoms with Crippen molar-refractivity contribution in [3.63, 3.8) is 0 Å². The maximum atomic E-state index is 11.6. The Morgan fingerprint density at radius 3 is 2.56 bits per heavy atom. The number of nitrogens with one attached hydrogen (secondary N) is 1. The molecule has 0 bridgehead atoms. The van der Waals surface area contributed by atoms with Crippen molar-refractivity contribution < 1.29 is 19.6 Å². The summed E-state index contributed by atoms with van der Waals surface area (Å²) in [6.45, 7) is -0.277. The van der Waals surface area contributed by atoms with Crippen LogP contribution < -0.4 is 16.3 Å². The lowest BCUT2D eigenvalue weighted by Gasteiger charge is -2.05. The Hall–Kier alpha value is -3.72. The summed E-state index contributed by atoms with van der Waals surface area (Å²) in [4.78, 5) is 11.8. The van der Waals surface area contributed by atoms with Crippen molar-refractivity contribution in [2.45, 2.75) is 6.54 Å². The molecule has 0 aliphatic rings. The number of rotatable bonds is 8. The molecule has 2 rings (SSSR count). The van der Waals surface area contributed by atoms with Crippen molar-refractivity contribution in [1.82, 2.24) is 11.6 Å². The highest BCUT2D eigenvalue weighted by atomic mass is 16.6. The smallest absolute Gasteiger partial charge is 0.277 e. The zero-order valence-electron chi connectivity index (χ0n) is 14.6. The molecule has 5 N–H and O–H groups in total. The van der Waals surface area contributed by atoms with E-state index in [2.05, 4.69) is 15.8 Å². The van der Waals surface area contributed by atoms with Gasteiger partial charge in [0.2, 0.25) is 6.54 Å². The molecule has 142 valence electrons. The Morgan fingerprint density at radius 2 is 1.89 bits per heavy atom. The van der Waals surface area contributed by atoms with Crippen molar-refractivity contribution in [2.75, 3.05) is 6.61 Å². The number of carbonyl (C=O) groups is 1. The van der Waals surface area contributed by atoms with Crippen molar-refractivity contribution in [2.24, 2.45) is 10.4 Å². The zero-order chi connectivity index (χ0) is 18.6. The first-order chi connectivity index (χ1) is 12.7. The van der Waals surface area contributed by atoms with Gasteiger partial charge in [0.05, 0.1) is 0 Å². The van der Waals surface area contributed by atoms with Gasteiger partial charge in [-0.15, -0.1) is 0 Å². The van der Waals surface area contributed by atoms with Crippen LogP contribution in [0.1, 0.15) is 11.1 Å². The maximum Gasteiger partial charge on any atom is 0.277 e. The second kappa shape index (κ2) is 11.8. The summed E-state index contributed by atoms with van der Waals surface area (Å²) in [5.74, 6) is 0.0680. The first-order valence-electron chi connectivity index (χ1n) is 7.72. The van der Waals surface area contributed by atoms with Gasteiger partial charge >= 0.3 is 0 Å². The molecule has 0 radical (unpaired) electrons. The van der Waals surface area contributed by atoms with Crippen LogP contribution in [-0.2, 0) is 11.3 Å². The molecule has 0 spiro atoms. The van der Waals surface area contributed by atoms with Gasteiger partial charge in [-0.05, 0) is 35.9 Å². The second-order valence-corrected chi connectivity index (χ2v) is 5.12. The molecule has 0 fully saturated rings. The van der Waals surface area contributed by atoms with E-state index in [9.17, 15) is 10.0 Å². The van der Waals surface area contributed by atoms with Crippen molar-refractivity contribution in [3.05, 3.63) is 77.0 Å². The number of benzene rings is 2. The highest BCUT2D eigenvalue weighted by Gasteiger charge is 2.03. The predicted molar refractivity (Wildman–Crippen MR) is 101 cm³/mol. The van der Waals surface area contributed by atoms with Crippen molar-refractivity contribution >= 4 is 18.2 Å². The molecule has 2 aromatic rings. The Bertz CT molecular complexity index is 789. The van der Waals surface area contributed by atoms with Crippen LogP contribution in [0.5, 0.6) is 5.75 Å². The summed E-state index contributed by atoms with van der Waals surface area (Å²) < 4.78 is 5.31. The van der Waals surface area contributed by atoms with Gasteiger partial charge in [0.1, 0.15) is 5.75 Å². The number of hydrogen-bond donors (Lipinski definition) is 3. The molecule has 0 saturated carbocycles. The minimum Gasteiger partial charge on any atom is -0.597 e. The van der Waals surface area contributed by atoms with Crippen LogP contribution in [0.25, 0.3) is 6.08 Å². The van der Waals surface area contributed by atoms with E-state index in [0.717, 1.165) is 5.56 Å². The number of hydrazone groups is 1. The number of amides is 1. The van der Waals surface area contributed by atoms with E-state index < -0.39 is 5.91 Å². The van der Waals surface area contributed by atoms with Crippen LogP contribution in [0.2, 0.25) is 0 Å². The summed E-state index contributed by atoms with van der Waals surface area (Å²) in [7, 11) is 0. The third kappa shape index (κ3) is 8.27. The van der Waals surface area contributed by atoms with Crippen molar-refractivity contribution in [1.29, 1.82) is 0 Å². The molecule has 0 atom stereocenters. The van der Waals surface area contributed by atoms with Gasteiger partial charge in [-0.2, -0.15) is 5.10 Å².